The maximum atomic E-state index is 6.25. The van der Waals surface area contributed by atoms with E-state index in [1.54, 1.807) is 0 Å². The van der Waals surface area contributed by atoms with Crippen molar-refractivity contribution in [2.45, 2.75) is 77.0 Å². The van der Waals surface area contributed by atoms with Crippen LogP contribution in [0.5, 0.6) is 0 Å². The van der Waals surface area contributed by atoms with Gasteiger partial charge in [0.15, 0.2) is 0 Å². The topological polar surface area (TPSA) is 38.5 Å². The Hall–Kier alpha value is -0.120. The zero-order valence-corrected chi connectivity index (χ0v) is 13.0. The summed E-state index contributed by atoms with van der Waals surface area (Å²) < 4.78 is 5.97. The van der Waals surface area contributed by atoms with Crippen molar-refractivity contribution >= 4 is 0 Å². The molecule has 2 fully saturated rings. The van der Waals surface area contributed by atoms with E-state index in [0.717, 1.165) is 32.0 Å². The molecule has 0 saturated carbocycles. The van der Waals surface area contributed by atoms with Crippen molar-refractivity contribution in [2.75, 3.05) is 19.7 Å². The molecule has 0 aromatic rings. The number of hydrogen-bond acceptors (Lipinski definition) is 3. The summed E-state index contributed by atoms with van der Waals surface area (Å²) in [5, 5.41) is 0. The van der Waals surface area contributed by atoms with E-state index in [-0.39, 0.29) is 5.54 Å². The highest BCUT2D eigenvalue weighted by atomic mass is 16.5. The highest BCUT2D eigenvalue weighted by Crippen LogP contribution is 2.37. The van der Waals surface area contributed by atoms with Crippen molar-refractivity contribution in [3.8, 4) is 0 Å². The second-order valence-corrected chi connectivity index (χ2v) is 6.79. The second kappa shape index (κ2) is 6.55. The van der Waals surface area contributed by atoms with Gasteiger partial charge in [-0.3, -0.25) is 4.90 Å². The summed E-state index contributed by atoms with van der Waals surface area (Å²) in [6, 6.07) is 0.739. The molecule has 0 aliphatic carbocycles. The number of rotatable bonds is 4. The van der Waals surface area contributed by atoms with Crippen LogP contribution in [0.4, 0.5) is 0 Å². The van der Waals surface area contributed by atoms with Crippen molar-refractivity contribution in [2.24, 2.45) is 11.7 Å². The molecule has 0 amide bonds. The third-order valence-corrected chi connectivity index (χ3v) is 5.31. The quantitative estimate of drug-likeness (QED) is 0.852. The van der Waals surface area contributed by atoms with Crippen molar-refractivity contribution in [1.29, 1.82) is 0 Å². The Labute approximate surface area is 118 Å². The van der Waals surface area contributed by atoms with Gasteiger partial charge in [0.1, 0.15) is 0 Å². The van der Waals surface area contributed by atoms with E-state index in [1.165, 1.54) is 32.2 Å². The Bertz CT molecular complexity index is 282. The Morgan fingerprint density at radius 2 is 2.16 bits per heavy atom. The Balaban J connectivity index is 2.15. The number of nitrogens with zero attached hydrogens (tertiary/aromatic N) is 1. The maximum Gasteiger partial charge on any atom is 0.0616 e. The van der Waals surface area contributed by atoms with Gasteiger partial charge in [-0.15, -0.1) is 0 Å². The summed E-state index contributed by atoms with van der Waals surface area (Å²) in [4.78, 5) is 2.76. The van der Waals surface area contributed by atoms with E-state index >= 15 is 0 Å². The summed E-state index contributed by atoms with van der Waals surface area (Å²) in [6.45, 7) is 9.77. The standard InChI is InChI=1S/C16H32N2O/c1-4-14-7-5-6-9-18(14)16(12-17)8-10-19-15(11-16)13(2)3/h13-15H,4-12,17H2,1-3H3. The van der Waals surface area contributed by atoms with Gasteiger partial charge in [0, 0.05) is 24.7 Å². The van der Waals surface area contributed by atoms with Gasteiger partial charge in [0.2, 0.25) is 0 Å². The minimum Gasteiger partial charge on any atom is -0.378 e. The van der Waals surface area contributed by atoms with E-state index in [4.69, 9.17) is 10.5 Å². The smallest absolute Gasteiger partial charge is 0.0616 e. The molecule has 2 aliphatic rings. The van der Waals surface area contributed by atoms with Crippen molar-refractivity contribution in [3.05, 3.63) is 0 Å². The van der Waals surface area contributed by atoms with Gasteiger partial charge in [-0.1, -0.05) is 27.2 Å². The fourth-order valence-electron chi connectivity index (χ4n) is 3.98. The lowest BCUT2D eigenvalue weighted by atomic mass is 9.79. The fourth-order valence-corrected chi connectivity index (χ4v) is 3.98. The predicted octanol–water partition coefficient (Wildman–Crippen LogP) is 2.78. The number of likely N-dealkylation sites (tertiary alicyclic amines) is 1. The fraction of sp³-hybridized carbons (Fsp3) is 1.00. The molecule has 0 spiro atoms. The van der Waals surface area contributed by atoms with Gasteiger partial charge in [-0.25, -0.2) is 0 Å². The van der Waals surface area contributed by atoms with Crippen LogP contribution in [0.25, 0.3) is 0 Å². The molecular formula is C16H32N2O. The predicted molar refractivity (Wildman–Crippen MR) is 80.2 cm³/mol. The van der Waals surface area contributed by atoms with Crippen LogP contribution < -0.4 is 5.73 Å². The lowest BCUT2D eigenvalue weighted by Gasteiger charge is -2.53. The molecule has 2 aliphatic heterocycles. The van der Waals surface area contributed by atoms with Gasteiger partial charge >= 0.3 is 0 Å². The molecule has 3 heteroatoms. The first-order valence-corrected chi connectivity index (χ1v) is 8.21. The van der Waals surface area contributed by atoms with Crippen molar-refractivity contribution in [3.63, 3.8) is 0 Å². The lowest BCUT2D eigenvalue weighted by molar-refractivity contribution is -0.105. The van der Waals surface area contributed by atoms with Gasteiger partial charge < -0.3 is 10.5 Å². The van der Waals surface area contributed by atoms with Crippen LogP contribution in [0.15, 0.2) is 0 Å². The van der Waals surface area contributed by atoms with Gasteiger partial charge in [0.25, 0.3) is 0 Å². The zero-order valence-electron chi connectivity index (χ0n) is 13.0. The number of hydrogen-bond donors (Lipinski definition) is 1. The molecule has 2 N–H and O–H groups in total. The summed E-state index contributed by atoms with van der Waals surface area (Å²) in [5.74, 6) is 0.594. The first-order valence-electron chi connectivity index (χ1n) is 8.21. The van der Waals surface area contributed by atoms with Crippen LogP contribution >= 0.6 is 0 Å². The second-order valence-electron chi connectivity index (χ2n) is 6.79. The summed E-state index contributed by atoms with van der Waals surface area (Å²) in [7, 11) is 0. The Morgan fingerprint density at radius 3 is 2.79 bits per heavy atom. The molecule has 0 radical (unpaired) electrons. The number of piperidine rings is 1. The maximum absolute atomic E-state index is 6.25. The van der Waals surface area contributed by atoms with Crippen LogP contribution in [0.1, 0.15) is 59.3 Å². The van der Waals surface area contributed by atoms with Crippen LogP contribution in [0, 0.1) is 5.92 Å². The van der Waals surface area contributed by atoms with Gasteiger partial charge in [-0.2, -0.15) is 0 Å². The van der Waals surface area contributed by atoms with E-state index in [0.29, 0.717) is 12.0 Å². The average Bonchev–Trinajstić information content (AvgIpc) is 2.47. The molecule has 2 rings (SSSR count). The largest absolute Gasteiger partial charge is 0.378 e. The van der Waals surface area contributed by atoms with Crippen molar-refractivity contribution < 1.29 is 4.74 Å². The third kappa shape index (κ3) is 3.14. The molecule has 0 bridgehead atoms. The molecule has 3 unspecified atom stereocenters. The Morgan fingerprint density at radius 1 is 1.37 bits per heavy atom. The average molecular weight is 268 g/mol. The third-order valence-electron chi connectivity index (χ3n) is 5.31. The van der Waals surface area contributed by atoms with Crippen molar-refractivity contribution in [1.82, 2.24) is 4.90 Å². The number of nitrogens with two attached hydrogens (primary N) is 1. The number of ether oxygens (including phenoxy) is 1. The van der Waals surface area contributed by atoms with E-state index in [9.17, 15) is 0 Å². The normalized spacial score (nSPS) is 37.7. The van der Waals surface area contributed by atoms with E-state index < -0.39 is 0 Å². The van der Waals surface area contributed by atoms with E-state index in [1.807, 2.05) is 0 Å². The molecule has 0 aromatic carbocycles. The minimum atomic E-state index is 0.203. The van der Waals surface area contributed by atoms with Crippen LogP contribution in [-0.4, -0.2) is 42.3 Å². The van der Waals surface area contributed by atoms with Crippen LogP contribution in [0.3, 0.4) is 0 Å². The molecule has 2 saturated heterocycles. The molecule has 112 valence electrons. The first-order chi connectivity index (χ1) is 9.13. The monoisotopic (exact) mass is 268 g/mol. The van der Waals surface area contributed by atoms with Gasteiger partial charge in [0.05, 0.1) is 6.10 Å². The first kappa shape index (κ1) is 15.3. The summed E-state index contributed by atoms with van der Waals surface area (Å²) in [6.07, 6.45) is 7.96. The minimum absolute atomic E-state index is 0.203. The SMILES string of the molecule is CCC1CCCCN1C1(CN)CCOC(C(C)C)C1. The van der Waals surface area contributed by atoms with Gasteiger partial charge in [-0.05, 0) is 44.6 Å². The highest BCUT2D eigenvalue weighted by molar-refractivity contribution is 5.00. The van der Waals surface area contributed by atoms with Crippen LogP contribution in [-0.2, 0) is 4.74 Å². The zero-order chi connectivity index (χ0) is 13.9. The molecular weight excluding hydrogens is 236 g/mol. The summed E-state index contributed by atoms with van der Waals surface area (Å²) >= 11 is 0. The molecule has 2 heterocycles. The lowest BCUT2D eigenvalue weighted by Crippen LogP contribution is -2.63. The Kier molecular flexibility index (Phi) is 5.27. The molecule has 0 aromatic heterocycles. The van der Waals surface area contributed by atoms with E-state index in [2.05, 4.69) is 25.7 Å². The highest BCUT2D eigenvalue weighted by Gasteiger charge is 2.44. The molecule has 3 nitrogen and oxygen atoms in total. The molecule has 19 heavy (non-hydrogen) atoms. The van der Waals surface area contributed by atoms with Crippen LogP contribution in [0.2, 0.25) is 0 Å². The molecule has 3 atom stereocenters. The summed E-state index contributed by atoms with van der Waals surface area (Å²) in [5.41, 5.74) is 6.45.